The lowest BCUT2D eigenvalue weighted by molar-refractivity contribution is 0.0610. The van der Waals surface area contributed by atoms with E-state index in [1.165, 1.54) is 18.2 Å². The minimum absolute atomic E-state index is 0.0562. The number of aromatic hydroxyl groups is 1. The zero-order chi connectivity index (χ0) is 15.7. The number of allylic oxidation sites excluding steroid dienone is 1. The minimum atomic E-state index is -0.631. The van der Waals surface area contributed by atoms with Crippen molar-refractivity contribution in [2.75, 3.05) is 5.73 Å². The zero-order valence-electron chi connectivity index (χ0n) is 12.8. The number of hydrogen-bond acceptors (Lipinski definition) is 4. The number of phenolic OH excluding ortho intramolecular Hbond substituents is 1. The molecule has 0 unspecified atom stereocenters. The SMILES string of the molecule is C=C(CCC(C)C)OC(=O)c1cc(N)ccc1O.CC. The average Bonchev–Trinajstić information content (AvgIpc) is 2.41. The van der Waals surface area contributed by atoms with Crippen LogP contribution in [0.5, 0.6) is 5.75 Å². The molecule has 1 rings (SSSR count). The van der Waals surface area contributed by atoms with Crippen LogP contribution in [0.15, 0.2) is 30.5 Å². The molecule has 0 amide bonds. The highest BCUT2D eigenvalue weighted by molar-refractivity contribution is 5.94. The standard InChI is InChI=1S/C14H19NO3.C2H6/c1-9(2)4-5-10(3)18-14(17)12-8-11(15)6-7-13(12)16;1-2/h6-9,16H,3-5,15H2,1-2H3;1-2H3. The smallest absolute Gasteiger partial charge is 0.347 e. The Kier molecular flexibility index (Phi) is 8.13. The van der Waals surface area contributed by atoms with Crippen LogP contribution in [-0.2, 0) is 4.74 Å². The first-order valence-corrected chi connectivity index (χ1v) is 6.88. The van der Waals surface area contributed by atoms with Crippen LogP contribution in [0, 0.1) is 5.92 Å². The van der Waals surface area contributed by atoms with Crippen LogP contribution in [-0.4, -0.2) is 11.1 Å². The van der Waals surface area contributed by atoms with Crippen molar-refractivity contribution >= 4 is 11.7 Å². The van der Waals surface area contributed by atoms with Crippen LogP contribution in [0.4, 0.5) is 5.69 Å². The van der Waals surface area contributed by atoms with E-state index >= 15 is 0 Å². The number of rotatable bonds is 5. The number of esters is 1. The second kappa shape index (κ2) is 9.02. The summed E-state index contributed by atoms with van der Waals surface area (Å²) in [5.74, 6) is 0.135. The number of carbonyl (C=O) groups excluding carboxylic acids is 1. The Balaban J connectivity index is 0.00000172. The first-order chi connectivity index (χ1) is 9.40. The fourth-order valence-corrected chi connectivity index (χ4v) is 1.40. The second-order valence-electron chi connectivity index (χ2n) is 4.64. The summed E-state index contributed by atoms with van der Waals surface area (Å²) < 4.78 is 5.07. The van der Waals surface area contributed by atoms with Gasteiger partial charge in [-0.2, -0.15) is 0 Å². The van der Waals surface area contributed by atoms with E-state index in [9.17, 15) is 9.90 Å². The van der Waals surface area contributed by atoms with E-state index < -0.39 is 5.97 Å². The van der Waals surface area contributed by atoms with E-state index in [1.54, 1.807) is 0 Å². The van der Waals surface area contributed by atoms with Gasteiger partial charge < -0.3 is 15.6 Å². The molecule has 0 aliphatic heterocycles. The Morgan fingerprint density at radius 3 is 2.55 bits per heavy atom. The molecule has 0 saturated carbocycles. The maximum atomic E-state index is 11.8. The van der Waals surface area contributed by atoms with Crippen LogP contribution >= 0.6 is 0 Å². The molecule has 3 N–H and O–H groups in total. The zero-order valence-corrected chi connectivity index (χ0v) is 12.8. The highest BCUT2D eigenvalue weighted by Crippen LogP contribution is 2.22. The Labute approximate surface area is 121 Å². The summed E-state index contributed by atoms with van der Waals surface area (Å²) in [7, 11) is 0. The molecule has 4 nitrogen and oxygen atoms in total. The third-order valence-electron chi connectivity index (χ3n) is 2.48. The van der Waals surface area contributed by atoms with Gasteiger partial charge in [0.25, 0.3) is 0 Å². The Morgan fingerprint density at radius 1 is 1.40 bits per heavy atom. The topological polar surface area (TPSA) is 72.5 Å². The third-order valence-corrected chi connectivity index (χ3v) is 2.48. The van der Waals surface area contributed by atoms with E-state index in [4.69, 9.17) is 10.5 Å². The molecule has 0 radical (unpaired) electrons. The number of carbonyl (C=O) groups is 1. The lowest BCUT2D eigenvalue weighted by Gasteiger charge is -2.10. The van der Waals surface area contributed by atoms with Crippen molar-refractivity contribution in [2.24, 2.45) is 5.92 Å². The largest absolute Gasteiger partial charge is 0.507 e. The minimum Gasteiger partial charge on any atom is -0.507 e. The molecule has 0 aliphatic carbocycles. The van der Waals surface area contributed by atoms with E-state index in [2.05, 4.69) is 20.4 Å². The van der Waals surface area contributed by atoms with Crippen molar-refractivity contribution in [1.29, 1.82) is 0 Å². The van der Waals surface area contributed by atoms with Crippen LogP contribution in [0.25, 0.3) is 0 Å². The summed E-state index contributed by atoms with van der Waals surface area (Å²) in [5, 5.41) is 9.55. The molecule has 20 heavy (non-hydrogen) atoms. The van der Waals surface area contributed by atoms with Crippen LogP contribution in [0.2, 0.25) is 0 Å². The van der Waals surface area contributed by atoms with Gasteiger partial charge in [-0.05, 0) is 30.5 Å². The Morgan fingerprint density at radius 2 is 2.00 bits per heavy atom. The van der Waals surface area contributed by atoms with Crippen LogP contribution < -0.4 is 5.73 Å². The lowest BCUT2D eigenvalue weighted by Crippen LogP contribution is -2.06. The molecular formula is C16H25NO3. The summed E-state index contributed by atoms with van der Waals surface area (Å²) in [6, 6.07) is 4.26. The predicted molar refractivity (Wildman–Crippen MR) is 82.5 cm³/mol. The summed E-state index contributed by atoms with van der Waals surface area (Å²) in [6.07, 6.45) is 1.52. The molecule has 0 heterocycles. The van der Waals surface area contributed by atoms with Crippen molar-refractivity contribution in [2.45, 2.75) is 40.5 Å². The van der Waals surface area contributed by atoms with Gasteiger partial charge >= 0.3 is 5.97 Å². The number of hydrogen-bond donors (Lipinski definition) is 2. The summed E-state index contributed by atoms with van der Waals surface area (Å²) in [4.78, 5) is 11.8. The first-order valence-electron chi connectivity index (χ1n) is 6.88. The maximum absolute atomic E-state index is 11.8. The van der Waals surface area contributed by atoms with Crippen molar-refractivity contribution in [1.82, 2.24) is 0 Å². The van der Waals surface area contributed by atoms with Gasteiger partial charge in [0, 0.05) is 12.1 Å². The van der Waals surface area contributed by atoms with Crippen LogP contribution in [0.3, 0.4) is 0 Å². The summed E-state index contributed by atoms with van der Waals surface area (Å²) in [6.45, 7) is 11.9. The van der Waals surface area contributed by atoms with Crippen LogP contribution in [0.1, 0.15) is 50.9 Å². The van der Waals surface area contributed by atoms with Crippen molar-refractivity contribution < 1.29 is 14.6 Å². The normalized spacial score (nSPS) is 9.65. The number of benzene rings is 1. The fraction of sp³-hybridized carbons (Fsp3) is 0.438. The van der Waals surface area contributed by atoms with Gasteiger partial charge in [0.2, 0.25) is 0 Å². The summed E-state index contributed by atoms with van der Waals surface area (Å²) >= 11 is 0. The average molecular weight is 279 g/mol. The first kappa shape index (κ1) is 18.0. The Hall–Kier alpha value is -1.97. The van der Waals surface area contributed by atoms with Gasteiger partial charge in [-0.1, -0.05) is 34.3 Å². The van der Waals surface area contributed by atoms with E-state index in [-0.39, 0.29) is 11.3 Å². The van der Waals surface area contributed by atoms with E-state index in [0.717, 1.165) is 6.42 Å². The number of nitrogens with two attached hydrogens (primary N) is 1. The fourth-order valence-electron chi connectivity index (χ4n) is 1.40. The third kappa shape index (κ3) is 6.27. The lowest BCUT2D eigenvalue weighted by atomic mass is 10.1. The Bertz CT molecular complexity index is 453. The summed E-state index contributed by atoms with van der Waals surface area (Å²) in [5.41, 5.74) is 6.01. The van der Waals surface area contributed by atoms with Crippen molar-refractivity contribution in [3.8, 4) is 5.75 Å². The molecule has 0 aromatic heterocycles. The molecule has 0 saturated heterocycles. The van der Waals surface area contributed by atoms with Gasteiger partial charge in [-0.15, -0.1) is 0 Å². The van der Waals surface area contributed by atoms with Crippen molar-refractivity contribution in [3.05, 3.63) is 36.1 Å². The monoisotopic (exact) mass is 279 g/mol. The number of ether oxygens (including phenoxy) is 1. The van der Waals surface area contributed by atoms with E-state index in [1.807, 2.05) is 13.8 Å². The van der Waals surface area contributed by atoms with Gasteiger partial charge in [-0.25, -0.2) is 4.79 Å². The molecule has 4 heteroatoms. The second-order valence-corrected chi connectivity index (χ2v) is 4.64. The molecular weight excluding hydrogens is 254 g/mol. The van der Waals surface area contributed by atoms with Crippen molar-refractivity contribution in [3.63, 3.8) is 0 Å². The van der Waals surface area contributed by atoms with Gasteiger partial charge in [-0.3, -0.25) is 0 Å². The van der Waals surface area contributed by atoms with E-state index in [0.29, 0.717) is 23.8 Å². The molecule has 0 fully saturated rings. The molecule has 0 atom stereocenters. The molecule has 112 valence electrons. The molecule has 0 spiro atoms. The maximum Gasteiger partial charge on any atom is 0.347 e. The van der Waals surface area contributed by atoms with Gasteiger partial charge in [0.1, 0.15) is 17.1 Å². The number of anilines is 1. The molecule has 1 aromatic rings. The number of nitrogen functional groups attached to an aromatic ring is 1. The van der Waals surface area contributed by atoms with Gasteiger partial charge in [0.05, 0.1) is 0 Å². The molecule has 1 aromatic carbocycles. The molecule has 0 aliphatic rings. The molecule has 0 bridgehead atoms. The highest BCUT2D eigenvalue weighted by atomic mass is 16.5. The number of phenols is 1. The quantitative estimate of drug-likeness (QED) is 0.368. The van der Waals surface area contributed by atoms with Gasteiger partial charge in [0.15, 0.2) is 0 Å². The highest BCUT2D eigenvalue weighted by Gasteiger charge is 2.14. The predicted octanol–water partition coefficient (Wildman–Crippen LogP) is 4.11.